The zero-order valence-corrected chi connectivity index (χ0v) is 21.2. The number of amides is 1. The van der Waals surface area contributed by atoms with Gasteiger partial charge in [0.1, 0.15) is 6.61 Å². The quantitative estimate of drug-likeness (QED) is 0.191. The van der Waals surface area contributed by atoms with Gasteiger partial charge in [0, 0.05) is 17.2 Å². The van der Waals surface area contributed by atoms with E-state index in [1.165, 1.54) is 23.9 Å². The van der Waals surface area contributed by atoms with E-state index in [0.717, 1.165) is 5.56 Å². The highest BCUT2D eigenvalue weighted by atomic mass is 35.5. The number of carbonyl (C=O) groups is 1. The van der Waals surface area contributed by atoms with Crippen molar-refractivity contribution in [3.8, 4) is 11.5 Å². The third kappa shape index (κ3) is 6.37. The number of nitrogens with one attached hydrogen (secondary N) is 1. The molecule has 0 radical (unpaired) electrons. The lowest BCUT2D eigenvalue weighted by atomic mass is 10.1. The Hall–Kier alpha value is -3.53. The number of halogens is 2. The molecule has 36 heavy (non-hydrogen) atoms. The Morgan fingerprint density at radius 1 is 1.08 bits per heavy atom. The molecule has 0 spiro atoms. The first-order valence-electron chi connectivity index (χ1n) is 10.7. The van der Waals surface area contributed by atoms with Gasteiger partial charge in [0.15, 0.2) is 16.7 Å². The van der Waals surface area contributed by atoms with Crippen LogP contribution in [-0.2, 0) is 11.4 Å². The summed E-state index contributed by atoms with van der Waals surface area (Å²) in [5.74, 6) is 0.477. The highest BCUT2D eigenvalue weighted by Gasteiger charge is 2.24. The van der Waals surface area contributed by atoms with Crippen LogP contribution >= 0.6 is 35.0 Å². The van der Waals surface area contributed by atoms with E-state index in [4.69, 9.17) is 32.7 Å². The van der Waals surface area contributed by atoms with Gasteiger partial charge in [-0.05, 0) is 84.4 Å². The number of rotatable bonds is 8. The number of benzene rings is 3. The Kier molecular flexibility index (Phi) is 8.14. The maximum Gasteiger partial charge on any atom is 0.269 e. The lowest BCUT2D eigenvalue weighted by Crippen LogP contribution is -2.19. The maximum atomic E-state index is 12.5. The summed E-state index contributed by atoms with van der Waals surface area (Å²) < 4.78 is 11.6. The molecular weight excluding hydrogens is 525 g/mol. The number of nitrogens with zero attached hydrogens (tertiary/aromatic N) is 2. The normalized spacial score (nSPS) is 15.2. The Bertz CT molecular complexity index is 1360. The van der Waals surface area contributed by atoms with Crippen LogP contribution in [0.1, 0.15) is 18.1 Å². The Balaban J connectivity index is 1.53. The Morgan fingerprint density at radius 3 is 2.47 bits per heavy atom. The SMILES string of the molecule is CCOc1cc(/C=C2\SC(=Nc3ccc(Cl)cc3)NC2=O)cc(Cl)c1OCc1ccc([N+](=O)[O-])cc1. The van der Waals surface area contributed by atoms with Crippen LogP contribution < -0.4 is 14.8 Å². The number of hydrogen-bond acceptors (Lipinski definition) is 7. The average Bonchev–Trinajstić information content (AvgIpc) is 3.18. The minimum atomic E-state index is -0.461. The average molecular weight is 544 g/mol. The summed E-state index contributed by atoms with van der Waals surface area (Å²) in [5, 5.41) is 14.9. The van der Waals surface area contributed by atoms with E-state index >= 15 is 0 Å². The first-order valence-corrected chi connectivity index (χ1v) is 12.3. The van der Waals surface area contributed by atoms with Crippen molar-refractivity contribution in [1.82, 2.24) is 5.32 Å². The van der Waals surface area contributed by atoms with Crippen LogP contribution in [0, 0.1) is 10.1 Å². The molecule has 1 heterocycles. The van der Waals surface area contributed by atoms with E-state index in [9.17, 15) is 14.9 Å². The van der Waals surface area contributed by atoms with Crippen molar-refractivity contribution in [2.45, 2.75) is 13.5 Å². The van der Waals surface area contributed by atoms with Gasteiger partial charge < -0.3 is 14.8 Å². The van der Waals surface area contributed by atoms with Crippen molar-refractivity contribution in [3.05, 3.63) is 96.9 Å². The van der Waals surface area contributed by atoms with E-state index in [0.29, 0.717) is 49.5 Å². The first kappa shape index (κ1) is 25.6. The molecule has 1 N–H and O–H groups in total. The molecule has 0 saturated carbocycles. The van der Waals surface area contributed by atoms with Crippen molar-refractivity contribution in [3.63, 3.8) is 0 Å². The van der Waals surface area contributed by atoms with Gasteiger partial charge >= 0.3 is 0 Å². The fourth-order valence-corrected chi connectivity index (χ4v) is 4.45. The van der Waals surface area contributed by atoms with Crippen LogP contribution in [0.2, 0.25) is 10.0 Å². The molecule has 1 saturated heterocycles. The van der Waals surface area contributed by atoms with E-state index in [2.05, 4.69) is 10.3 Å². The van der Waals surface area contributed by atoms with E-state index in [1.54, 1.807) is 54.6 Å². The molecule has 1 fully saturated rings. The predicted molar refractivity (Wildman–Crippen MR) is 142 cm³/mol. The highest BCUT2D eigenvalue weighted by Crippen LogP contribution is 2.39. The van der Waals surface area contributed by atoms with E-state index in [-0.39, 0.29) is 18.2 Å². The van der Waals surface area contributed by atoms with Crippen LogP contribution in [0.4, 0.5) is 11.4 Å². The van der Waals surface area contributed by atoms with Crippen molar-refractivity contribution in [2.24, 2.45) is 4.99 Å². The van der Waals surface area contributed by atoms with E-state index in [1.807, 2.05) is 6.92 Å². The maximum absolute atomic E-state index is 12.5. The van der Waals surface area contributed by atoms with Gasteiger partial charge in [-0.25, -0.2) is 4.99 Å². The van der Waals surface area contributed by atoms with Crippen LogP contribution in [0.5, 0.6) is 11.5 Å². The first-order chi connectivity index (χ1) is 17.3. The third-order valence-corrected chi connectivity index (χ3v) is 6.31. The van der Waals surface area contributed by atoms with Crippen molar-refractivity contribution in [2.75, 3.05) is 6.61 Å². The number of aliphatic imine (C=N–C) groups is 1. The molecule has 3 aromatic carbocycles. The van der Waals surface area contributed by atoms with Crippen LogP contribution in [0.15, 0.2) is 70.6 Å². The van der Waals surface area contributed by atoms with Crippen molar-refractivity contribution >= 4 is 63.5 Å². The lowest BCUT2D eigenvalue weighted by Gasteiger charge is -2.14. The minimum absolute atomic E-state index is 0.000588. The van der Waals surface area contributed by atoms with Gasteiger partial charge in [0.2, 0.25) is 0 Å². The number of non-ortho nitro benzene ring substituents is 1. The molecule has 0 aromatic heterocycles. The monoisotopic (exact) mass is 543 g/mol. The summed E-state index contributed by atoms with van der Waals surface area (Å²) in [4.78, 5) is 27.7. The van der Waals surface area contributed by atoms with Crippen LogP contribution in [0.3, 0.4) is 0 Å². The number of carbonyl (C=O) groups excluding carboxylic acids is 1. The molecule has 0 unspecified atom stereocenters. The third-order valence-electron chi connectivity index (χ3n) is 4.87. The number of nitro groups is 1. The minimum Gasteiger partial charge on any atom is -0.490 e. The summed E-state index contributed by atoms with van der Waals surface area (Å²) in [6.45, 7) is 2.34. The Morgan fingerprint density at radius 2 is 1.81 bits per heavy atom. The molecule has 0 atom stereocenters. The molecule has 8 nitrogen and oxygen atoms in total. The van der Waals surface area contributed by atoms with Gasteiger partial charge in [-0.1, -0.05) is 23.2 Å². The van der Waals surface area contributed by atoms with Crippen molar-refractivity contribution < 1.29 is 19.2 Å². The lowest BCUT2D eigenvalue weighted by molar-refractivity contribution is -0.384. The van der Waals surface area contributed by atoms with Crippen LogP contribution in [0.25, 0.3) is 6.08 Å². The Labute approximate surface area is 221 Å². The molecule has 184 valence electrons. The molecular formula is C25H19Cl2N3O5S. The molecule has 0 bridgehead atoms. The summed E-state index contributed by atoms with van der Waals surface area (Å²) in [7, 11) is 0. The number of nitro benzene ring substituents is 1. The number of ether oxygens (including phenoxy) is 2. The molecule has 4 rings (SSSR count). The largest absolute Gasteiger partial charge is 0.490 e. The summed E-state index contributed by atoms with van der Waals surface area (Å²) in [6, 6.07) is 16.4. The summed E-state index contributed by atoms with van der Waals surface area (Å²) >= 11 is 13.6. The van der Waals surface area contributed by atoms with Gasteiger partial charge in [-0.3, -0.25) is 14.9 Å². The second-order valence-electron chi connectivity index (χ2n) is 7.43. The molecule has 3 aromatic rings. The van der Waals surface area contributed by atoms with E-state index < -0.39 is 4.92 Å². The highest BCUT2D eigenvalue weighted by molar-refractivity contribution is 8.18. The predicted octanol–water partition coefficient (Wildman–Crippen LogP) is 6.77. The fraction of sp³-hybridized carbons (Fsp3) is 0.120. The number of hydrogen-bond donors (Lipinski definition) is 1. The zero-order valence-electron chi connectivity index (χ0n) is 18.9. The second kappa shape index (κ2) is 11.5. The smallest absolute Gasteiger partial charge is 0.269 e. The van der Waals surface area contributed by atoms with Crippen LogP contribution in [-0.4, -0.2) is 22.6 Å². The molecule has 11 heteroatoms. The second-order valence-corrected chi connectivity index (χ2v) is 9.31. The fourth-order valence-electron chi connectivity index (χ4n) is 3.21. The number of thioether (sulfide) groups is 1. The van der Waals surface area contributed by atoms with Crippen molar-refractivity contribution in [1.29, 1.82) is 0 Å². The summed E-state index contributed by atoms with van der Waals surface area (Å²) in [5.41, 5.74) is 2.05. The molecule has 1 amide bonds. The molecule has 1 aliphatic heterocycles. The van der Waals surface area contributed by atoms with Gasteiger partial charge in [-0.15, -0.1) is 0 Å². The standard InChI is InChI=1S/C25H19Cl2N3O5S/c1-2-34-21-12-16(11-20(27)23(21)35-14-15-3-9-19(10-4-15)30(32)33)13-22-24(31)29-25(36-22)28-18-7-5-17(26)6-8-18/h3-13H,2,14H2,1H3,(H,28,29,31)/b22-13-. The van der Waals surface area contributed by atoms with Gasteiger partial charge in [0.25, 0.3) is 11.6 Å². The van der Waals surface area contributed by atoms with Gasteiger partial charge in [-0.2, -0.15) is 0 Å². The topological polar surface area (TPSA) is 103 Å². The number of amidine groups is 1. The molecule has 1 aliphatic rings. The summed E-state index contributed by atoms with van der Waals surface area (Å²) in [6.07, 6.45) is 1.69. The van der Waals surface area contributed by atoms with Gasteiger partial charge in [0.05, 0.1) is 27.1 Å². The molecule has 0 aliphatic carbocycles. The zero-order chi connectivity index (χ0) is 25.7.